The lowest BCUT2D eigenvalue weighted by Crippen LogP contribution is -2.53. The number of benzene rings is 3. The molecule has 1 aliphatic heterocycles. The van der Waals surface area contributed by atoms with Crippen molar-refractivity contribution in [3.05, 3.63) is 107 Å². The van der Waals surface area contributed by atoms with E-state index in [-0.39, 0.29) is 11.9 Å². The molecule has 0 radical (unpaired) electrons. The second-order valence-electron chi connectivity index (χ2n) is 8.78. The molecule has 1 N–H and O–H groups in total. The first-order valence-electron chi connectivity index (χ1n) is 11.6. The van der Waals surface area contributed by atoms with E-state index in [2.05, 4.69) is 89.6 Å². The van der Waals surface area contributed by atoms with Crippen molar-refractivity contribution >= 4 is 23.2 Å². The van der Waals surface area contributed by atoms with Gasteiger partial charge in [0.1, 0.15) is 0 Å². The third-order valence-corrected chi connectivity index (χ3v) is 6.62. The van der Waals surface area contributed by atoms with Gasteiger partial charge in [0.2, 0.25) is 0 Å². The molecule has 0 unspecified atom stereocenters. The summed E-state index contributed by atoms with van der Waals surface area (Å²) in [5.41, 5.74) is 4.43. The highest BCUT2D eigenvalue weighted by Crippen LogP contribution is 2.29. The van der Waals surface area contributed by atoms with Crippen LogP contribution < -0.4 is 5.32 Å². The van der Waals surface area contributed by atoms with Crippen molar-refractivity contribution < 1.29 is 4.79 Å². The van der Waals surface area contributed by atoms with Crippen LogP contribution in [0.5, 0.6) is 0 Å². The van der Waals surface area contributed by atoms with Gasteiger partial charge in [0.15, 0.2) is 5.11 Å². The van der Waals surface area contributed by atoms with Crippen LogP contribution in [0, 0.1) is 0 Å². The lowest BCUT2D eigenvalue weighted by atomic mass is 9.96. The topological polar surface area (TPSA) is 35.6 Å². The van der Waals surface area contributed by atoms with E-state index in [1.165, 1.54) is 16.7 Å². The fraction of sp³-hybridized carbons (Fsp3) is 0.286. The average molecular weight is 458 g/mol. The summed E-state index contributed by atoms with van der Waals surface area (Å²) in [4.78, 5) is 17.3. The SMILES string of the molecule is CC(C)c1ccc(C(=O)NC(=S)N2CCN(C(c3ccccc3)c3ccccc3)CC2)cc1. The van der Waals surface area contributed by atoms with E-state index in [0.29, 0.717) is 16.6 Å². The minimum absolute atomic E-state index is 0.149. The Morgan fingerprint density at radius 2 is 1.27 bits per heavy atom. The van der Waals surface area contributed by atoms with E-state index in [4.69, 9.17) is 12.2 Å². The number of hydrogen-bond acceptors (Lipinski definition) is 3. The largest absolute Gasteiger partial charge is 0.346 e. The van der Waals surface area contributed by atoms with Gasteiger partial charge in [0, 0.05) is 31.7 Å². The van der Waals surface area contributed by atoms with Crippen molar-refractivity contribution in [2.24, 2.45) is 0 Å². The summed E-state index contributed by atoms with van der Waals surface area (Å²) in [6.45, 7) is 7.58. The molecule has 1 amide bonds. The van der Waals surface area contributed by atoms with Gasteiger partial charge in [-0.05, 0) is 47.0 Å². The van der Waals surface area contributed by atoms with Gasteiger partial charge < -0.3 is 4.90 Å². The van der Waals surface area contributed by atoms with E-state index < -0.39 is 0 Å². The van der Waals surface area contributed by atoms with E-state index in [1.807, 2.05) is 24.3 Å². The molecule has 5 heteroatoms. The zero-order valence-electron chi connectivity index (χ0n) is 19.3. The summed E-state index contributed by atoms with van der Waals surface area (Å²) < 4.78 is 0. The van der Waals surface area contributed by atoms with Gasteiger partial charge in [0.25, 0.3) is 5.91 Å². The molecule has 0 bridgehead atoms. The van der Waals surface area contributed by atoms with Crippen LogP contribution in [0.2, 0.25) is 0 Å². The molecule has 0 aromatic heterocycles. The zero-order valence-corrected chi connectivity index (χ0v) is 20.1. The highest BCUT2D eigenvalue weighted by Gasteiger charge is 2.27. The van der Waals surface area contributed by atoms with Gasteiger partial charge in [0.05, 0.1) is 6.04 Å². The molecule has 1 fully saturated rings. The van der Waals surface area contributed by atoms with Crippen molar-refractivity contribution in [3.63, 3.8) is 0 Å². The summed E-state index contributed by atoms with van der Waals surface area (Å²) in [5.74, 6) is 0.291. The van der Waals surface area contributed by atoms with Crippen LogP contribution in [0.3, 0.4) is 0 Å². The van der Waals surface area contributed by atoms with Crippen LogP contribution in [0.4, 0.5) is 0 Å². The fourth-order valence-electron chi connectivity index (χ4n) is 4.34. The minimum atomic E-state index is -0.149. The van der Waals surface area contributed by atoms with Crippen molar-refractivity contribution in [2.75, 3.05) is 26.2 Å². The molecule has 1 saturated heterocycles. The van der Waals surface area contributed by atoms with E-state index in [0.717, 1.165) is 26.2 Å². The Bertz CT molecular complexity index is 1020. The van der Waals surface area contributed by atoms with Crippen molar-refractivity contribution in [1.82, 2.24) is 15.1 Å². The lowest BCUT2D eigenvalue weighted by molar-refractivity contribution is 0.0967. The van der Waals surface area contributed by atoms with Gasteiger partial charge >= 0.3 is 0 Å². The van der Waals surface area contributed by atoms with Crippen LogP contribution in [-0.4, -0.2) is 47.0 Å². The lowest BCUT2D eigenvalue weighted by Gasteiger charge is -2.40. The average Bonchev–Trinajstić information content (AvgIpc) is 2.86. The molecule has 3 aromatic carbocycles. The predicted molar refractivity (Wildman–Crippen MR) is 138 cm³/mol. The van der Waals surface area contributed by atoms with Crippen molar-refractivity contribution in [1.29, 1.82) is 0 Å². The maximum absolute atomic E-state index is 12.7. The summed E-state index contributed by atoms with van der Waals surface area (Å²) in [5, 5.41) is 3.43. The molecule has 4 rings (SSSR count). The second kappa shape index (κ2) is 10.7. The smallest absolute Gasteiger partial charge is 0.257 e. The fourth-order valence-corrected chi connectivity index (χ4v) is 4.61. The monoisotopic (exact) mass is 457 g/mol. The van der Waals surface area contributed by atoms with E-state index in [1.54, 1.807) is 0 Å². The third kappa shape index (κ3) is 5.67. The first-order valence-corrected chi connectivity index (χ1v) is 12.0. The Morgan fingerprint density at radius 3 is 1.76 bits per heavy atom. The molecule has 0 atom stereocenters. The van der Waals surface area contributed by atoms with Crippen molar-refractivity contribution in [3.8, 4) is 0 Å². The number of nitrogens with zero attached hydrogens (tertiary/aromatic N) is 2. The van der Waals surface area contributed by atoms with Gasteiger partial charge in [-0.3, -0.25) is 15.0 Å². The van der Waals surface area contributed by atoms with Crippen LogP contribution in [-0.2, 0) is 0 Å². The number of hydrogen-bond donors (Lipinski definition) is 1. The third-order valence-electron chi connectivity index (χ3n) is 6.26. The Balaban J connectivity index is 1.39. The number of thiocarbonyl (C=S) groups is 1. The Labute approximate surface area is 202 Å². The van der Waals surface area contributed by atoms with Gasteiger partial charge in [-0.15, -0.1) is 0 Å². The highest BCUT2D eigenvalue weighted by molar-refractivity contribution is 7.80. The zero-order chi connectivity index (χ0) is 23.2. The number of carbonyl (C=O) groups is 1. The summed E-state index contributed by atoms with van der Waals surface area (Å²) >= 11 is 5.58. The van der Waals surface area contributed by atoms with Gasteiger partial charge in [-0.2, -0.15) is 0 Å². The molecular weight excluding hydrogens is 426 g/mol. The number of carbonyl (C=O) groups excluding carboxylic acids is 1. The summed E-state index contributed by atoms with van der Waals surface area (Å²) in [6.07, 6.45) is 0. The standard InChI is InChI=1S/C28H31N3OS/c1-21(2)22-13-15-25(16-14-22)27(32)29-28(33)31-19-17-30(18-20-31)26(23-9-5-3-6-10-23)24-11-7-4-8-12-24/h3-16,21,26H,17-20H2,1-2H3,(H,29,32,33). The van der Waals surface area contributed by atoms with E-state index >= 15 is 0 Å². The Kier molecular flexibility index (Phi) is 7.53. The summed E-state index contributed by atoms with van der Waals surface area (Å²) in [6, 6.07) is 29.2. The van der Waals surface area contributed by atoms with Crippen LogP contribution in [0.15, 0.2) is 84.9 Å². The maximum atomic E-state index is 12.7. The summed E-state index contributed by atoms with van der Waals surface area (Å²) in [7, 11) is 0. The molecule has 0 aliphatic carbocycles. The highest BCUT2D eigenvalue weighted by atomic mass is 32.1. The van der Waals surface area contributed by atoms with Gasteiger partial charge in [-0.25, -0.2) is 0 Å². The molecular formula is C28H31N3OS. The first-order chi connectivity index (χ1) is 16.0. The molecule has 0 saturated carbocycles. The molecule has 170 valence electrons. The normalized spacial score (nSPS) is 14.5. The number of amides is 1. The number of nitrogens with one attached hydrogen (secondary N) is 1. The van der Waals surface area contributed by atoms with Crippen LogP contribution in [0.1, 0.15) is 52.9 Å². The quantitative estimate of drug-likeness (QED) is 0.532. The molecule has 0 spiro atoms. The van der Waals surface area contributed by atoms with Gasteiger partial charge in [-0.1, -0.05) is 86.6 Å². The Morgan fingerprint density at radius 1 is 0.758 bits per heavy atom. The van der Waals surface area contributed by atoms with Crippen LogP contribution in [0.25, 0.3) is 0 Å². The molecule has 1 heterocycles. The second-order valence-corrected chi connectivity index (χ2v) is 9.17. The number of piperazine rings is 1. The number of rotatable bonds is 5. The van der Waals surface area contributed by atoms with Crippen molar-refractivity contribution in [2.45, 2.75) is 25.8 Å². The Hall–Kier alpha value is -3.02. The van der Waals surface area contributed by atoms with Crippen LogP contribution >= 0.6 is 12.2 Å². The molecule has 1 aliphatic rings. The predicted octanol–water partition coefficient (Wildman–Crippen LogP) is 5.23. The maximum Gasteiger partial charge on any atom is 0.257 e. The molecule has 33 heavy (non-hydrogen) atoms. The molecule has 3 aromatic rings. The first kappa shape index (κ1) is 23.1. The minimum Gasteiger partial charge on any atom is -0.346 e. The molecule has 4 nitrogen and oxygen atoms in total. The van der Waals surface area contributed by atoms with E-state index in [9.17, 15) is 4.79 Å².